The molecule has 0 bridgehead atoms. The molecule has 3 heteroatoms. The second kappa shape index (κ2) is 5.74. The van der Waals surface area contributed by atoms with Crippen molar-refractivity contribution in [2.24, 2.45) is 5.73 Å². The van der Waals surface area contributed by atoms with Crippen LogP contribution in [-0.2, 0) is 12.8 Å². The van der Waals surface area contributed by atoms with Gasteiger partial charge >= 0.3 is 0 Å². The summed E-state index contributed by atoms with van der Waals surface area (Å²) < 4.78 is 10.6. The summed E-state index contributed by atoms with van der Waals surface area (Å²) in [6.07, 6.45) is 3.36. The molecule has 0 radical (unpaired) electrons. The molecule has 2 rings (SSSR count). The molecule has 0 amide bonds. The van der Waals surface area contributed by atoms with E-state index in [0.29, 0.717) is 0 Å². The minimum atomic E-state index is -0.0363. The van der Waals surface area contributed by atoms with Crippen LogP contribution < -0.4 is 10.5 Å². The van der Waals surface area contributed by atoms with E-state index in [0.717, 1.165) is 29.9 Å². The second-order valence-electron chi connectivity index (χ2n) is 4.31. The Kier molecular flexibility index (Phi) is 4.05. The van der Waals surface area contributed by atoms with Gasteiger partial charge in [0.25, 0.3) is 0 Å². The van der Waals surface area contributed by atoms with Crippen molar-refractivity contribution in [2.45, 2.75) is 25.8 Å². The molecule has 1 atom stereocenters. The highest BCUT2D eigenvalue weighted by molar-refractivity contribution is 5.31. The molecule has 0 aliphatic heterocycles. The first-order chi connectivity index (χ1) is 8.74. The SMILES string of the molecule is CCc1occc1C(N)Cc1cccc(OC)c1. The third-order valence-corrected chi connectivity index (χ3v) is 3.09. The molecule has 96 valence electrons. The molecule has 0 aliphatic carbocycles. The van der Waals surface area contributed by atoms with E-state index < -0.39 is 0 Å². The first-order valence-electron chi connectivity index (χ1n) is 6.19. The van der Waals surface area contributed by atoms with Crippen LogP contribution in [0.25, 0.3) is 0 Å². The first-order valence-corrected chi connectivity index (χ1v) is 6.19. The van der Waals surface area contributed by atoms with Crippen molar-refractivity contribution in [1.29, 1.82) is 0 Å². The van der Waals surface area contributed by atoms with Gasteiger partial charge in [-0.3, -0.25) is 0 Å². The average molecular weight is 245 g/mol. The lowest BCUT2D eigenvalue weighted by Gasteiger charge is -2.12. The zero-order chi connectivity index (χ0) is 13.0. The van der Waals surface area contributed by atoms with Crippen molar-refractivity contribution < 1.29 is 9.15 Å². The van der Waals surface area contributed by atoms with Crippen LogP contribution >= 0.6 is 0 Å². The van der Waals surface area contributed by atoms with Gasteiger partial charge in [-0.05, 0) is 30.2 Å². The Hall–Kier alpha value is -1.74. The Balaban J connectivity index is 2.13. The molecule has 0 aliphatic rings. The number of nitrogens with two attached hydrogens (primary N) is 1. The fourth-order valence-electron chi connectivity index (χ4n) is 2.13. The van der Waals surface area contributed by atoms with Crippen LogP contribution in [0.1, 0.15) is 29.9 Å². The first kappa shape index (κ1) is 12.7. The number of ether oxygens (including phenoxy) is 1. The van der Waals surface area contributed by atoms with E-state index in [1.807, 2.05) is 24.3 Å². The molecular weight excluding hydrogens is 226 g/mol. The van der Waals surface area contributed by atoms with Crippen molar-refractivity contribution >= 4 is 0 Å². The predicted octanol–water partition coefficient (Wildman–Crippen LogP) is 3.09. The Bertz CT molecular complexity index is 505. The van der Waals surface area contributed by atoms with Gasteiger partial charge in [-0.1, -0.05) is 19.1 Å². The Morgan fingerprint density at radius 2 is 2.17 bits per heavy atom. The van der Waals surface area contributed by atoms with Crippen LogP contribution in [0.2, 0.25) is 0 Å². The largest absolute Gasteiger partial charge is 0.497 e. The molecule has 1 heterocycles. The van der Waals surface area contributed by atoms with Crippen molar-refractivity contribution in [3.63, 3.8) is 0 Å². The van der Waals surface area contributed by atoms with Gasteiger partial charge in [0.1, 0.15) is 11.5 Å². The fraction of sp³-hybridized carbons (Fsp3) is 0.333. The molecule has 0 spiro atoms. The molecule has 0 fully saturated rings. The van der Waals surface area contributed by atoms with Crippen LogP contribution in [0.4, 0.5) is 0 Å². The third-order valence-electron chi connectivity index (χ3n) is 3.09. The number of furan rings is 1. The van der Waals surface area contributed by atoms with Crippen molar-refractivity contribution in [2.75, 3.05) is 7.11 Å². The summed E-state index contributed by atoms with van der Waals surface area (Å²) in [6.45, 7) is 2.07. The lowest BCUT2D eigenvalue weighted by molar-refractivity contribution is 0.414. The smallest absolute Gasteiger partial charge is 0.119 e. The lowest BCUT2D eigenvalue weighted by Crippen LogP contribution is -2.14. The van der Waals surface area contributed by atoms with Crippen LogP contribution in [0.15, 0.2) is 41.0 Å². The number of hydrogen-bond donors (Lipinski definition) is 1. The predicted molar refractivity (Wildman–Crippen MR) is 71.7 cm³/mol. The van der Waals surface area contributed by atoms with Crippen LogP contribution in [0.5, 0.6) is 5.75 Å². The second-order valence-corrected chi connectivity index (χ2v) is 4.31. The Morgan fingerprint density at radius 1 is 1.33 bits per heavy atom. The standard InChI is InChI=1S/C15H19NO2/c1-3-15-13(7-8-18-15)14(16)10-11-5-4-6-12(9-11)17-2/h4-9,14H,3,10,16H2,1-2H3. The number of hydrogen-bond acceptors (Lipinski definition) is 3. The number of methoxy groups -OCH3 is 1. The molecule has 3 nitrogen and oxygen atoms in total. The minimum absolute atomic E-state index is 0.0363. The van der Waals surface area contributed by atoms with Crippen molar-refractivity contribution in [3.05, 3.63) is 53.5 Å². The highest BCUT2D eigenvalue weighted by Crippen LogP contribution is 2.23. The topological polar surface area (TPSA) is 48.4 Å². The number of rotatable bonds is 5. The molecule has 0 saturated carbocycles. The monoisotopic (exact) mass is 245 g/mol. The van der Waals surface area contributed by atoms with Gasteiger partial charge < -0.3 is 14.9 Å². The molecule has 2 aromatic rings. The van der Waals surface area contributed by atoms with Gasteiger partial charge in [0.2, 0.25) is 0 Å². The number of benzene rings is 1. The minimum Gasteiger partial charge on any atom is -0.497 e. The third kappa shape index (κ3) is 2.74. The van der Waals surface area contributed by atoms with E-state index >= 15 is 0 Å². The average Bonchev–Trinajstić information content (AvgIpc) is 2.87. The maximum Gasteiger partial charge on any atom is 0.119 e. The zero-order valence-electron chi connectivity index (χ0n) is 10.8. The molecule has 2 N–H and O–H groups in total. The molecule has 18 heavy (non-hydrogen) atoms. The van der Waals surface area contributed by atoms with E-state index in [1.54, 1.807) is 13.4 Å². The summed E-state index contributed by atoms with van der Waals surface area (Å²) in [7, 11) is 1.67. The van der Waals surface area contributed by atoms with Gasteiger partial charge in [0.05, 0.1) is 13.4 Å². The molecule has 1 aromatic heterocycles. The Labute approximate surface area is 108 Å². The maximum absolute atomic E-state index is 6.24. The fourth-order valence-corrected chi connectivity index (χ4v) is 2.13. The zero-order valence-corrected chi connectivity index (χ0v) is 10.8. The van der Waals surface area contributed by atoms with Gasteiger partial charge in [-0.2, -0.15) is 0 Å². The van der Waals surface area contributed by atoms with E-state index in [9.17, 15) is 0 Å². The highest BCUT2D eigenvalue weighted by Gasteiger charge is 2.13. The molecule has 1 aromatic carbocycles. The van der Waals surface area contributed by atoms with E-state index in [-0.39, 0.29) is 6.04 Å². The van der Waals surface area contributed by atoms with Crippen LogP contribution in [-0.4, -0.2) is 7.11 Å². The summed E-state index contributed by atoms with van der Waals surface area (Å²) in [5.41, 5.74) is 8.51. The van der Waals surface area contributed by atoms with Gasteiger partial charge in [-0.25, -0.2) is 0 Å². The molecule has 1 unspecified atom stereocenters. The summed E-state index contributed by atoms with van der Waals surface area (Å²) in [4.78, 5) is 0. The summed E-state index contributed by atoms with van der Waals surface area (Å²) in [5.74, 6) is 1.84. The van der Waals surface area contributed by atoms with Gasteiger partial charge in [0, 0.05) is 18.0 Å². The highest BCUT2D eigenvalue weighted by atomic mass is 16.5. The normalized spacial score (nSPS) is 12.4. The summed E-state index contributed by atoms with van der Waals surface area (Å²) in [5, 5.41) is 0. The number of aryl methyl sites for hydroxylation is 1. The lowest BCUT2D eigenvalue weighted by atomic mass is 9.99. The van der Waals surface area contributed by atoms with E-state index in [4.69, 9.17) is 14.9 Å². The van der Waals surface area contributed by atoms with E-state index in [1.165, 1.54) is 5.56 Å². The maximum atomic E-state index is 6.24. The van der Waals surface area contributed by atoms with Crippen LogP contribution in [0, 0.1) is 0 Å². The summed E-state index contributed by atoms with van der Waals surface area (Å²) in [6, 6.07) is 9.93. The van der Waals surface area contributed by atoms with Crippen LogP contribution in [0.3, 0.4) is 0 Å². The van der Waals surface area contributed by atoms with Gasteiger partial charge in [-0.15, -0.1) is 0 Å². The quantitative estimate of drug-likeness (QED) is 0.880. The van der Waals surface area contributed by atoms with Crippen molar-refractivity contribution in [1.82, 2.24) is 0 Å². The van der Waals surface area contributed by atoms with Crippen molar-refractivity contribution in [3.8, 4) is 5.75 Å². The summed E-state index contributed by atoms with van der Waals surface area (Å²) >= 11 is 0. The van der Waals surface area contributed by atoms with E-state index in [2.05, 4.69) is 13.0 Å². The molecular formula is C15H19NO2. The van der Waals surface area contributed by atoms with Gasteiger partial charge in [0.15, 0.2) is 0 Å². The molecule has 0 saturated heterocycles. The Morgan fingerprint density at radius 3 is 2.89 bits per heavy atom.